The number of methoxy groups -OCH3 is 1. The van der Waals surface area contributed by atoms with Crippen LogP contribution in [-0.2, 0) is 32.0 Å². The highest BCUT2D eigenvalue weighted by molar-refractivity contribution is 7.15. The van der Waals surface area contributed by atoms with Crippen LogP contribution in [0.15, 0.2) is 42.1 Å². The van der Waals surface area contributed by atoms with E-state index in [0.29, 0.717) is 35.0 Å². The molecular formula is C29H39N5O5S. The molecular weight excluding hydrogens is 530 g/mol. The zero-order valence-electron chi connectivity index (χ0n) is 23.3. The molecule has 11 heteroatoms. The Balaban J connectivity index is 1.72. The van der Waals surface area contributed by atoms with Gasteiger partial charge in [0, 0.05) is 23.9 Å². The van der Waals surface area contributed by atoms with Gasteiger partial charge >= 0.3 is 0 Å². The predicted octanol–water partition coefficient (Wildman–Crippen LogP) is 2.86. The Kier molecular flexibility index (Phi) is 11.7. The SMILES string of the molecule is CCCC(=O)C(CC1=CCCC1)NC(=O)C(Cc1ccc(OC)cc1)NC(=O)C(C)NC(=O)Cc1cnc(N)s1. The molecule has 0 saturated carbocycles. The highest BCUT2D eigenvalue weighted by Gasteiger charge is 2.29. The Morgan fingerprint density at radius 3 is 2.38 bits per heavy atom. The predicted molar refractivity (Wildman–Crippen MR) is 155 cm³/mol. The van der Waals surface area contributed by atoms with Crippen molar-refractivity contribution in [2.24, 2.45) is 0 Å². The lowest BCUT2D eigenvalue weighted by molar-refractivity contribution is -0.133. The van der Waals surface area contributed by atoms with E-state index in [-0.39, 0.29) is 24.5 Å². The summed E-state index contributed by atoms with van der Waals surface area (Å²) in [7, 11) is 1.57. The van der Waals surface area contributed by atoms with E-state index in [0.717, 1.165) is 24.8 Å². The summed E-state index contributed by atoms with van der Waals surface area (Å²) in [6.45, 7) is 3.48. The number of thiazole rings is 1. The second kappa shape index (κ2) is 15.2. The van der Waals surface area contributed by atoms with E-state index >= 15 is 0 Å². The monoisotopic (exact) mass is 569 g/mol. The van der Waals surface area contributed by atoms with Crippen molar-refractivity contribution in [3.05, 3.63) is 52.6 Å². The van der Waals surface area contributed by atoms with Crippen molar-refractivity contribution in [2.75, 3.05) is 12.8 Å². The van der Waals surface area contributed by atoms with Gasteiger partial charge in [0.25, 0.3) is 0 Å². The number of carbonyl (C=O) groups excluding carboxylic acids is 4. The van der Waals surface area contributed by atoms with Gasteiger partial charge < -0.3 is 26.4 Å². The number of hydrogen-bond acceptors (Lipinski definition) is 8. The van der Waals surface area contributed by atoms with E-state index in [4.69, 9.17) is 10.5 Å². The number of Topliss-reactive ketones (excluding diaryl/α,β-unsaturated/α-hetero) is 1. The fraction of sp³-hybridized carbons (Fsp3) is 0.483. The molecule has 1 aromatic heterocycles. The number of allylic oxidation sites excluding steroid dienone is 1. The lowest BCUT2D eigenvalue weighted by Crippen LogP contribution is -2.56. The molecule has 0 aliphatic heterocycles. The molecule has 3 amide bonds. The summed E-state index contributed by atoms with van der Waals surface area (Å²) in [6.07, 6.45) is 8.37. The van der Waals surface area contributed by atoms with E-state index < -0.39 is 29.9 Å². The molecule has 3 atom stereocenters. The first-order valence-corrected chi connectivity index (χ1v) is 14.4. The molecule has 1 heterocycles. The molecule has 2 aromatic rings. The van der Waals surface area contributed by atoms with Crippen LogP contribution in [-0.4, -0.2) is 53.7 Å². The Morgan fingerprint density at radius 1 is 1.05 bits per heavy atom. The second-order valence-electron chi connectivity index (χ2n) is 9.98. The number of rotatable bonds is 15. The van der Waals surface area contributed by atoms with Gasteiger partial charge in [-0.05, 0) is 56.7 Å². The third-order valence-corrected chi connectivity index (χ3v) is 7.54. The first kappa shape index (κ1) is 30.8. The van der Waals surface area contributed by atoms with Crippen molar-refractivity contribution < 1.29 is 23.9 Å². The number of nitrogen functional groups attached to an aromatic ring is 1. The van der Waals surface area contributed by atoms with E-state index in [9.17, 15) is 19.2 Å². The average Bonchev–Trinajstić information content (AvgIpc) is 3.59. The van der Waals surface area contributed by atoms with Crippen LogP contribution in [0.1, 0.15) is 62.8 Å². The van der Waals surface area contributed by atoms with Crippen molar-refractivity contribution in [1.82, 2.24) is 20.9 Å². The zero-order chi connectivity index (χ0) is 29.1. The third-order valence-electron chi connectivity index (χ3n) is 6.71. The van der Waals surface area contributed by atoms with E-state index in [1.54, 1.807) is 26.2 Å². The van der Waals surface area contributed by atoms with Gasteiger partial charge in [-0.3, -0.25) is 19.2 Å². The Hall–Kier alpha value is -3.73. The molecule has 0 saturated heterocycles. The average molecular weight is 570 g/mol. The molecule has 1 aromatic carbocycles. The standard InChI is InChI=1S/C29H39N5O5S/c1-4-7-25(35)23(14-19-8-5-6-9-19)33-28(38)24(15-20-10-12-21(39-3)13-11-20)34-27(37)18(2)32-26(36)16-22-17-31-29(30)40-22/h8,10-13,17-18,23-24H,4-7,9,14-16H2,1-3H3,(H2,30,31)(H,32,36)(H,33,38)(H,34,37). The molecule has 0 radical (unpaired) electrons. The number of ether oxygens (including phenoxy) is 1. The number of nitrogens with zero attached hydrogens (tertiary/aromatic N) is 1. The number of nitrogens with two attached hydrogens (primary N) is 1. The topological polar surface area (TPSA) is 153 Å². The minimum absolute atomic E-state index is 0.0255. The summed E-state index contributed by atoms with van der Waals surface area (Å²) < 4.78 is 5.22. The maximum absolute atomic E-state index is 13.6. The van der Waals surface area contributed by atoms with Crippen LogP contribution in [0, 0.1) is 0 Å². The van der Waals surface area contributed by atoms with Crippen LogP contribution in [0.3, 0.4) is 0 Å². The lowest BCUT2D eigenvalue weighted by Gasteiger charge is -2.25. The maximum atomic E-state index is 13.6. The number of nitrogens with one attached hydrogen (secondary N) is 3. The Labute approximate surface area is 239 Å². The summed E-state index contributed by atoms with van der Waals surface area (Å²) in [5.41, 5.74) is 7.60. The first-order valence-electron chi connectivity index (χ1n) is 13.6. The number of hydrogen-bond donors (Lipinski definition) is 4. The molecule has 0 fully saturated rings. The lowest BCUT2D eigenvalue weighted by atomic mass is 9.98. The zero-order valence-corrected chi connectivity index (χ0v) is 24.1. The van der Waals surface area contributed by atoms with Crippen LogP contribution in [0.25, 0.3) is 0 Å². The van der Waals surface area contributed by atoms with Gasteiger partial charge in [-0.25, -0.2) is 4.98 Å². The van der Waals surface area contributed by atoms with Crippen molar-refractivity contribution in [2.45, 2.75) is 83.3 Å². The molecule has 5 N–H and O–H groups in total. The molecule has 3 unspecified atom stereocenters. The molecule has 1 aliphatic carbocycles. The quantitative estimate of drug-likeness (QED) is 0.241. The van der Waals surface area contributed by atoms with Gasteiger partial charge in [0.05, 0.1) is 19.6 Å². The van der Waals surface area contributed by atoms with E-state index in [1.807, 2.05) is 19.1 Å². The minimum Gasteiger partial charge on any atom is -0.497 e. The second-order valence-corrected chi connectivity index (χ2v) is 11.1. The maximum Gasteiger partial charge on any atom is 0.243 e. The third kappa shape index (κ3) is 9.48. The van der Waals surface area contributed by atoms with Gasteiger partial charge in [0.1, 0.15) is 17.8 Å². The van der Waals surface area contributed by atoms with Gasteiger partial charge in [0.15, 0.2) is 10.9 Å². The number of anilines is 1. The smallest absolute Gasteiger partial charge is 0.243 e. The van der Waals surface area contributed by atoms with Crippen LogP contribution in [0.4, 0.5) is 5.13 Å². The summed E-state index contributed by atoms with van der Waals surface area (Å²) >= 11 is 1.20. The van der Waals surface area contributed by atoms with Crippen molar-refractivity contribution in [3.63, 3.8) is 0 Å². The first-order chi connectivity index (χ1) is 19.2. The van der Waals surface area contributed by atoms with Crippen molar-refractivity contribution >= 4 is 40.0 Å². The van der Waals surface area contributed by atoms with Gasteiger partial charge in [-0.1, -0.05) is 30.7 Å². The number of benzene rings is 1. The number of ketones is 1. The van der Waals surface area contributed by atoms with Gasteiger partial charge in [0.2, 0.25) is 17.7 Å². The highest BCUT2D eigenvalue weighted by atomic mass is 32.1. The molecule has 0 bridgehead atoms. The Morgan fingerprint density at radius 2 is 1.77 bits per heavy atom. The van der Waals surface area contributed by atoms with E-state index in [2.05, 4.69) is 27.0 Å². The van der Waals surface area contributed by atoms with Crippen LogP contribution >= 0.6 is 11.3 Å². The van der Waals surface area contributed by atoms with Crippen LogP contribution < -0.4 is 26.4 Å². The van der Waals surface area contributed by atoms with Gasteiger partial charge in [-0.2, -0.15) is 0 Å². The fourth-order valence-electron chi connectivity index (χ4n) is 4.55. The summed E-state index contributed by atoms with van der Waals surface area (Å²) in [6, 6.07) is 4.68. The Bertz CT molecular complexity index is 1210. The number of carbonyl (C=O) groups is 4. The molecule has 40 heavy (non-hydrogen) atoms. The van der Waals surface area contributed by atoms with Crippen molar-refractivity contribution in [1.29, 1.82) is 0 Å². The fourth-order valence-corrected chi connectivity index (χ4v) is 5.23. The van der Waals surface area contributed by atoms with E-state index in [1.165, 1.54) is 23.1 Å². The van der Waals surface area contributed by atoms with Crippen LogP contribution in [0.2, 0.25) is 0 Å². The highest BCUT2D eigenvalue weighted by Crippen LogP contribution is 2.23. The molecule has 3 rings (SSSR count). The summed E-state index contributed by atoms with van der Waals surface area (Å²) in [5.74, 6) is -0.681. The molecule has 0 spiro atoms. The van der Waals surface area contributed by atoms with Gasteiger partial charge in [-0.15, -0.1) is 11.3 Å². The number of amides is 3. The molecule has 1 aliphatic rings. The largest absolute Gasteiger partial charge is 0.497 e. The molecule has 10 nitrogen and oxygen atoms in total. The number of aromatic nitrogens is 1. The minimum atomic E-state index is -0.962. The molecule has 216 valence electrons. The normalized spacial score (nSPS) is 14.9. The summed E-state index contributed by atoms with van der Waals surface area (Å²) in [5, 5.41) is 8.73. The van der Waals surface area contributed by atoms with Crippen molar-refractivity contribution in [3.8, 4) is 5.75 Å². The van der Waals surface area contributed by atoms with Crippen LogP contribution in [0.5, 0.6) is 5.75 Å². The summed E-state index contributed by atoms with van der Waals surface area (Å²) in [4.78, 5) is 56.7.